The molecule has 0 aliphatic carbocycles. The molecule has 2 aliphatic rings. The maximum atomic E-state index is 12.9. The van der Waals surface area contributed by atoms with Crippen molar-refractivity contribution in [1.82, 2.24) is 10.2 Å². The summed E-state index contributed by atoms with van der Waals surface area (Å²) in [5.41, 5.74) is -0.681. The minimum absolute atomic E-state index is 0.183. The van der Waals surface area contributed by atoms with E-state index in [4.69, 9.17) is 0 Å². The Balaban J connectivity index is 1.43. The Morgan fingerprint density at radius 2 is 1.96 bits per heavy atom. The third-order valence-corrected chi connectivity index (χ3v) is 6.94. The van der Waals surface area contributed by atoms with Crippen LogP contribution in [0.4, 0.5) is 13.2 Å². The molecular formula is C20H23F3N2OS. The highest BCUT2D eigenvalue weighted by atomic mass is 32.1. The summed E-state index contributed by atoms with van der Waals surface area (Å²) in [7, 11) is 0. The van der Waals surface area contributed by atoms with Crippen LogP contribution in [0.1, 0.15) is 47.3 Å². The predicted octanol–water partition coefficient (Wildman–Crippen LogP) is 4.91. The quantitative estimate of drug-likeness (QED) is 0.799. The van der Waals surface area contributed by atoms with Crippen LogP contribution in [0.15, 0.2) is 24.3 Å². The molecule has 2 fully saturated rings. The first kappa shape index (κ1) is 18.7. The number of thiophene rings is 1. The summed E-state index contributed by atoms with van der Waals surface area (Å²) >= 11 is 1.24. The topological polar surface area (TPSA) is 32.3 Å². The second kappa shape index (κ2) is 7.43. The highest BCUT2D eigenvalue weighted by Gasteiger charge is 2.33. The van der Waals surface area contributed by atoms with E-state index in [2.05, 4.69) is 10.2 Å². The van der Waals surface area contributed by atoms with Gasteiger partial charge in [-0.15, -0.1) is 11.3 Å². The zero-order valence-electron chi connectivity index (χ0n) is 15.0. The van der Waals surface area contributed by atoms with Gasteiger partial charge >= 0.3 is 6.18 Å². The van der Waals surface area contributed by atoms with Crippen LogP contribution in [0, 0.1) is 5.92 Å². The minimum atomic E-state index is -4.37. The van der Waals surface area contributed by atoms with Crippen molar-refractivity contribution >= 4 is 27.3 Å². The van der Waals surface area contributed by atoms with Gasteiger partial charge in [-0.05, 0) is 74.3 Å². The lowest BCUT2D eigenvalue weighted by atomic mass is 9.83. The minimum Gasteiger partial charge on any atom is -0.351 e. The van der Waals surface area contributed by atoms with E-state index in [1.165, 1.54) is 43.1 Å². The average molecular weight is 396 g/mol. The Morgan fingerprint density at radius 3 is 2.78 bits per heavy atom. The summed E-state index contributed by atoms with van der Waals surface area (Å²) in [5, 5.41) is 3.50. The lowest BCUT2D eigenvalue weighted by Gasteiger charge is -2.44. The molecule has 0 spiro atoms. The van der Waals surface area contributed by atoms with Crippen LogP contribution < -0.4 is 5.32 Å². The lowest BCUT2D eigenvalue weighted by Crippen LogP contribution is -2.50. The molecular weight excluding hydrogens is 373 g/mol. The second-order valence-corrected chi connectivity index (χ2v) is 8.66. The molecule has 0 saturated carbocycles. The number of hydrogen-bond acceptors (Lipinski definition) is 3. The molecule has 0 bridgehead atoms. The molecule has 3 nitrogen and oxygen atoms in total. The number of carbonyl (C=O) groups excluding carboxylic acids is 1. The number of benzene rings is 1. The van der Waals surface area contributed by atoms with Crippen molar-refractivity contribution in [3.63, 3.8) is 0 Å². The van der Waals surface area contributed by atoms with Crippen molar-refractivity contribution in [2.45, 2.75) is 44.3 Å². The van der Waals surface area contributed by atoms with Crippen LogP contribution in [0.5, 0.6) is 0 Å². The molecule has 0 unspecified atom stereocenters. The molecule has 1 amide bonds. The molecule has 2 atom stereocenters. The predicted molar refractivity (Wildman–Crippen MR) is 101 cm³/mol. The van der Waals surface area contributed by atoms with Gasteiger partial charge in [0.05, 0.1) is 10.4 Å². The molecule has 7 heteroatoms. The number of halogens is 3. The van der Waals surface area contributed by atoms with Gasteiger partial charge in [-0.1, -0.05) is 6.42 Å². The van der Waals surface area contributed by atoms with Gasteiger partial charge in [-0.3, -0.25) is 4.79 Å². The molecule has 1 aromatic heterocycles. The van der Waals surface area contributed by atoms with E-state index in [1.807, 2.05) is 0 Å². The molecule has 2 aliphatic heterocycles. The smallest absolute Gasteiger partial charge is 0.351 e. The standard InChI is InChI=1S/C20H23F3N2OS/c21-20(22,23)15-6-7-17-14(10-15)11-18(27-17)19(26)24-12-13-4-3-9-25-8-2-1-5-16(13)25/h6-7,10-11,13,16H,1-5,8-9,12H2,(H,24,26)/t13-,16+/m0/s1. The van der Waals surface area contributed by atoms with Crippen LogP contribution in [-0.2, 0) is 6.18 Å². The monoisotopic (exact) mass is 396 g/mol. The van der Waals surface area contributed by atoms with Crippen LogP contribution in [0.2, 0.25) is 0 Å². The molecule has 2 aromatic rings. The zero-order chi connectivity index (χ0) is 19.0. The summed E-state index contributed by atoms with van der Waals surface area (Å²) in [6.45, 7) is 2.96. The van der Waals surface area contributed by atoms with E-state index >= 15 is 0 Å². The SMILES string of the molecule is O=C(NC[C@@H]1CCCN2CCCC[C@H]12)c1cc2cc(C(F)(F)F)ccc2s1. The van der Waals surface area contributed by atoms with E-state index in [9.17, 15) is 18.0 Å². The molecule has 4 rings (SSSR count). The fourth-order valence-corrected chi connectivity index (χ4v) is 5.42. The van der Waals surface area contributed by atoms with Gasteiger partial charge in [0.1, 0.15) is 0 Å². The fraction of sp³-hybridized carbons (Fsp3) is 0.550. The first-order chi connectivity index (χ1) is 12.9. The summed E-state index contributed by atoms with van der Waals surface area (Å²) in [5.74, 6) is 0.284. The zero-order valence-corrected chi connectivity index (χ0v) is 15.8. The molecule has 0 radical (unpaired) electrons. The van der Waals surface area contributed by atoms with E-state index in [0.29, 0.717) is 33.5 Å². The number of rotatable bonds is 3. The largest absolute Gasteiger partial charge is 0.416 e. The summed E-state index contributed by atoms with van der Waals surface area (Å²) < 4.78 is 39.3. The Kier molecular flexibility index (Phi) is 5.16. The first-order valence-electron chi connectivity index (χ1n) is 9.55. The third kappa shape index (κ3) is 3.99. The normalized spacial score (nSPS) is 24.0. The molecule has 1 N–H and O–H groups in total. The van der Waals surface area contributed by atoms with Crippen LogP contribution in [0.3, 0.4) is 0 Å². The number of carbonyl (C=O) groups is 1. The van der Waals surface area contributed by atoms with E-state index in [-0.39, 0.29) is 5.91 Å². The van der Waals surface area contributed by atoms with Crippen molar-refractivity contribution in [3.05, 3.63) is 34.7 Å². The highest BCUT2D eigenvalue weighted by molar-refractivity contribution is 7.20. The molecule has 2 saturated heterocycles. The Hall–Kier alpha value is -1.60. The third-order valence-electron chi connectivity index (χ3n) is 5.82. The fourth-order valence-electron chi connectivity index (χ4n) is 4.46. The van der Waals surface area contributed by atoms with Crippen molar-refractivity contribution in [1.29, 1.82) is 0 Å². The van der Waals surface area contributed by atoms with Crippen LogP contribution >= 0.6 is 11.3 Å². The Labute approximate surface area is 160 Å². The lowest BCUT2D eigenvalue weighted by molar-refractivity contribution is -0.137. The number of nitrogens with zero attached hydrogens (tertiary/aromatic N) is 1. The van der Waals surface area contributed by atoms with Crippen molar-refractivity contribution < 1.29 is 18.0 Å². The molecule has 1 aromatic carbocycles. The summed E-state index contributed by atoms with van der Waals surface area (Å²) in [4.78, 5) is 15.6. The van der Waals surface area contributed by atoms with Crippen molar-refractivity contribution in [2.24, 2.45) is 5.92 Å². The molecule has 146 valence electrons. The number of nitrogens with one attached hydrogen (secondary N) is 1. The number of amides is 1. The van der Waals surface area contributed by atoms with Gasteiger partial charge in [-0.25, -0.2) is 0 Å². The Morgan fingerprint density at radius 1 is 1.15 bits per heavy atom. The van der Waals surface area contributed by atoms with Gasteiger partial charge in [-0.2, -0.15) is 13.2 Å². The van der Waals surface area contributed by atoms with Gasteiger partial charge in [0.2, 0.25) is 0 Å². The number of fused-ring (bicyclic) bond motifs is 2. The van der Waals surface area contributed by atoms with Gasteiger partial charge in [0.25, 0.3) is 5.91 Å². The maximum Gasteiger partial charge on any atom is 0.416 e. The van der Waals surface area contributed by atoms with Gasteiger partial charge in [0, 0.05) is 17.3 Å². The Bertz CT molecular complexity index is 830. The number of piperidine rings is 2. The number of alkyl halides is 3. The average Bonchev–Trinajstić information content (AvgIpc) is 3.09. The first-order valence-corrected chi connectivity index (χ1v) is 10.4. The van der Waals surface area contributed by atoms with E-state index < -0.39 is 11.7 Å². The highest BCUT2D eigenvalue weighted by Crippen LogP contribution is 2.34. The van der Waals surface area contributed by atoms with E-state index in [1.54, 1.807) is 6.07 Å². The van der Waals surface area contributed by atoms with Crippen LogP contribution in [0.25, 0.3) is 10.1 Å². The van der Waals surface area contributed by atoms with Crippen LogP contribution in [-0.4, -0.2) is 36.5 Å². The van der Waals surface area contributed by atoms with Crippen molar-refractivity contribution in [2.75, 3.05) is 19.6 Å². The second-order valence-electron chi connectivity index (χ2n) is 7.57. The number of hydrogen-bond donors (Lipinski definition) is 1. The van der Waals surface area contributed by atoms with Gasteiger partial charge < -0.3 is 10.2 Å². The summed E-state index contributed by atoms with van der Waals surface area (Å²) in [6.07, 6.45) is 1.64. The molecule has 3 heterocycles. The van der Waals surface area contributed by atoms with E-state index in [0.717, 1.165) is 31.6 Å². The summed E-state index contributed by atoms with van der Waals surface area (Å²) in [6, 6.07) is 5.76. The van der Waals surface area contributed by atoms with Gasteiger partial charge in [0.15, 0.2) is 0 Å². The molecule has 27 heavy (non-hydrogen) atoms. The van der Waals surface area contributed by atoms with Crippen molar-refractivity contribution in [3.8, 4) is 0 Å². The maximum absolute atomic E-state index is 12.9.